The first kappa shape index (κ1) is 10.6. The third kappa shape index (κ3) is 2.38. The molecule has 3 nitrogen and oxygen atoms in total. The number of nitrogens with zero attached hydrogens (tertiary/aromatic N) is 1. The summed E-state index contributed by atoms with van der Waals surface area (Å²) in [7, 11) is 0. The lowest BCUT2D eigenvalue weighted by molar-refractivity contribution is -0.131. The van der Waals surface area contributed by atoms with Gasteiger partial charge in [-0.15, -0.1) is 0 Å². The number of aromatic nitrogens is 1. The molecular formula is C12H8ClNO2. The van der Waals surface area contributed by atoms with Gasteiger partial charge in [-0.1, -0.05) is 23.7 Å². The molecule has 1 aromatic heterocycles. The van der Waals surface area contributed by atoms with Crippen LogP contribution < -0.4 is 0 Å². The lowest BCUT2D eigenvalue weighted by Crippen LogP contribution is -1.88. The summed E-state index contributed by atoms with van der Waals surface area (Å²) in [5.41, 5.74) is 1.34. The van der Waals surface area contributed by atoms with Crippen molar-refractivity contribution in [1.29, 1.82) is 0 Å². The van der Waals surface area contributed by atoms with Crippen molar-refractivity contribution in [3.63, 3.8) is 0 Å². The number of pyridine rings is 1. The maximum absolute atomic E-state index is 10.4. The second-order valence-electron chi connectivity index (χ2n) is 3.24. The van der Waals surface area contributed by atoms with Crippen molar-refractivity contribution in [3.05, 3.63) is 47.1 Å². The van der Waals surface area contributed by atoms with E-state index >= 15 is 0 Å². The number of fused-ring (bicyclic) bond motifs is 1. The number of halogens is 1. The van der Waals surface area contributed by atoms with Gasteiger partial charge in [-0.2, -0.15) is 0 Å². The van der Waals surface area contributed by atoms with E-state index in [0.717, 1.165) is 17.0 Å². The van der Waals surface area contributed by atoms with Crippen LogP contribution in [0.3, 0.4) is 0 Å². The summed E-state index contributed by atoms with van der Waals surface area (Å²) in [6, 6.07) is 9.04. The molecule has 0 aliphatic heterocycles. The molecule has 0 unspecified atom stereocenters. The standard InChI is InChI=1S/C12H8ClNO2/c13-9-3-1-8-2-4-10(5-6-12(15)16)14-11(8)7-9/h1-7H,(H,15,16)/b6-5+. The molecule has 0 aliphatic rings. The Morgan fingerprint density at radius 3 is 2.81 bits per heavy atom. The molecule has 1 heterocycles. The van der Waals surface area contributed by atoms with Crippen LogP contribution in [-0.4, -0.2) is 16.1 Å². The SMILES string of the molecule is O=C(O)/C=C/c1ccc2ccc(Cl)cc2n1. The van der Waals surface area contributed by atoms with Crippen molar-refractivity contribution < 1.29 is 9.90 Å². The minimum atomic E-state index is -0.993. The Bertz CT molecular complexity index is 578. The number of aliphatic carboxylic acids is 1. The number of hydrogen-bond donors (Lipinski definition) is 1. The van der Waals surface area contributed by atoms with Crippen molar-refractivity contribution >= 4 is 34.5 Å². The van der Waals surface area contributed by atoms with Crippen LogP contribution in [0, 0.1) is 0 Å². The van der Waals surface area contributed by atoms with Crippen LogP contribution >= 0.6 is 11.6 Å². The molecule has 2 rings (SSSR count). The first-order chi connectivity index (χ1) is 7.65. The summed E-state index contributed by atoms with van der Waals surface area (Å²) in [4.78, 5) is 14.6. The summed E-state index contributed by atoms with van der Waals surface area (Å²) in [5.74, 6) is -0.993. The summed E-state index contributed by atoms with van der Waals surface area (Å²) in [5, 5.41) is 10.1. The number of carboxylic acid groups (broad SMARTS) is 1. The molecule has 0 bridgehead atoms. The summed E-state index contributed by atoms with van der Waals surface area (Å²) in [6.07, 6.45) is 2.50. The smallest absolute Gasteiger partial charge is 0.328 e. The Kier molecular flexibility index (Phi) is 2.88. The van der Waals surface area contributed by atoms with Crippen molar-refractivity contribution in [2.75, 3.05) is 0 Å². The fourth-order valence-corrected chi connectivity index (χ4v) is 1.52. The number of benzene rings is 1. The molecule has 0 atom stereocenters. The highest BCUT2D eigenvalue weighted by Crippen LogP contribution is 2.18. The van der Waals surface area contributed by atoms with Gasteiger partial charge in [0, 0.05) is 16.5 Å². The second-order valence-corrected chi connectivity index (χ2v) is 3.68. The molecule has 0 spiro atoms. The van der Waals surface area contributed by atoms with Crippen molar-refractivity contribution in [2.24, 2.45) is 0 Å². The molecule has 0 radical (unpaired) electrons. The molecule has 4 heteroatoms. The van der Waals surface area contributed by atoms with Gasteiger partial charge in [0.1, 0.15) is 0 Å². The predicted octanol–water partition coefficient (Wildman–Crippen LogP) is 2.99. The van der Waals surface area contributed by atoms with E-state index in [2.05, 4.69) is 4.98 Å². The van der Waals surface area contributed by atoms with E-state index in [0.29, 0.717) is 10.7 Å². The molecule has 0 saturated carbocycles. The fourth-order valence-electron chi connectivity index (χ4n) is 1.36. The molecule has 0 amide bonds. The minimum Gasteiger partial charge on any atom is -0.478 e. The van der Waals surface area contributed by atoms with E-state index in [4.69, 9.17) is 16.7 Å². The Balaban J connectivity index is 2.46. The highest BCUT2D eigenvalue weighted by Gasteiger charge is 1.97. The van der Waals surface area contributed by atoms with E-state index in [1.807, 2.05) is 12.1 Å². The van der Waals surface area contributed by atoms with E-state index in [9.17, 15) is 4.79 Å². The van der Waals surface area contributed by atoms with E-state index in [1.165, 1.54) is 6.08 Å². The zero-order valence-corrected chi connectivity index (χ0v) is 8.98. The van der Waals surface area contributed by atoms with Gasteiger partial charge in [0.2, 0.25) is 0 Å². The molecule has 16 heavy (non-hydrogen) atoms. The van der Waals surface area contributed by atoms with E-state index < -0.39 is 5.97 Å². The van der Waals surface area contributed by atoms with Crippen LogP contribution in [0.1, 0.15) is 5.69 Å². The second kappa shape index (κ2) is 4.33. The lowest BCUT2D eigenvalue weighted by Gasteiger charge is -1.99. The predicted molar refractivity (Wildman–Crippen MR) is 63.4 cm³/mol. The number of carbonyl (C=O) groups is 1. The van der Waals surface area contributed by atoms with Gasteiger partial charge >= 0.3 is 5.97 Å². The minimum absolute atomic E-state index is 0.595. The fraction of sp³-hybridized carbons (Fsp3) is 0. The van der Waals surface area contributed by atoms with Crippen LogP contribution in [0.25, 0.3) is 17.0 Å². The highest BCUT2D eigenvalue weighted by atomic mass is 35.5. The van der Waals surface area contributed by atoms with Gasteiger partial charge in [0.05, 0.1) is 11.2 Å². The quantitative estimate of drug-likeness (QED) is 0.812. The van der Waals surface area contributed by atoms with Crippen LogP contribution in [0.5, 0.6) is 0 Å². The molecule has 2 aromatic rings. The Morgan fingerprint density at radius 2 is 2.06 bits per heavy atom. The third-order valence-corrected chi connectivity index (χ3v) is 2.31. The van der Waals surface area contributed by atoms with Gasteiger partial charge in [-0.25, -0.2) is 9.78 Å². The normalized spacial score (nSPS) is 11.1. The number of carboxylic acids is 1. The van der Waals surface area contributed by atoms with Crippen LogP contribution in [0.2, 0.25) is 5.02 Å². The molecule has 0 aliphatic carbocycles. The van der Waals surface area contributed by atoms with Gasteiger partial charge in [-0.05, 0) is 24.3 Å². The van der Waals surface area contributed by atoms with E-state index in [1.54, 1.807) is 18.2 Å². The van der Waals surface area contributed by atoms with Crippen LogP contribution in [0.15, 0.2) is 36.4 Å². The topological polar surface area (TPSA) is 50.2 Å². The molecule has 0 saturated heterocycles. The van der Waals surface area contributed by atoms with Gasteiger partial charge < -0.3 is 5.11 Å². The maximum atomic E-state index is 10.4. The van der Waals surface area contributed by atoms with Gasteiger partial charge in [0.15, 0.2) is 0 Å². The van der Waals surface area contributed by atoms with Gasteiger partial charge in [0.25, 0.3) is 0 Å². The molecule has 1 N–H and O–H groups in total. The van der Waals surface area contributed by atoms with Crippen LogP contribution in [-0.2, 0) is 4.79 Å². The highest BCUT2D eigenvalue weighted by molar-refractivity contribution is 6.31. The third-order valence-electron chi connectivity index (χ3n) is 2.07. The summed E-state index contributed by atoms with van der Waals surface area (Å²) >= 11 is 5.85. The number of rotatable bonds is 2. The summed E-state index contributed by atoms with van der Waals surface area (Å²) < 4.78 is 0. The van der Waals surface area contributed by atoms with Crippen LogP contribution in [0.4, 0.5) is 0 Å². The lowest BCUT2D eigenvalue weighted by atomic mass is 10.2. The zero-order valence-electron chi connectivity index (χ0n) is 8.22. The zero-order chi connectivity index (χ0) is 11.5. The average molecular weight is 234 g/mol. The monoisotopic (exact) mass is 233 g/mol. The van der Waals surface area contributed by atoms with Crippen molar-refractivity contribution in [3.8, 4) is 0 Å². The first-order valence-corrected chi connectivity index (χ1v) is 5.00. The van der Waals surface area contributed by atoms with Crippen molar-refractivity contribution in [1.82, 2.24) is 4.98 Å². The average Bonchev–Trinajstić information content (AvgIpc) is 2.25. The Labute approximate surface area is 97.0 Å². The largest absolute Gasteiger partial charge is 0.478 e. The number of hydrogen-bond acceptors (Lipinski definition) is 2. The molecule has 1 aromatic carbocycles. The van der Waals surface area contributed by atoms with E-state index in [-0.39, 0.29) is 0 Å². The summed E-state index contributed by atoms with van der Waals surface area (Å²) in [6.45, 7) is 0. The Hall–Kier alpha value is -1.87. The maximum Gasteiger partial charge on any atom is 0.328 e. The molecular weight excluding hydrogens is 226 g/mol. The van der Waals surface area contributed by atoms with Gasteiger partial charge in [-0.3, -0.25) is 0 Å². The van der Waals surface area contributed by atoms with Crippen molar-refractivity contribution in [2.45, 2.75) is 0 Å². The molecule has 80 valence electrons. The first-order valence-electron chi connectivity index (χ1n) is 4.62. The Morgan fingerprint density at radius 1 is 1.31 bits per heavy atom. The molecule has 0 fully saturated rings.